The lowest BCUT2D eigenvalue weighted by Crippen LogP contribution is -2.39. The summed E-state index contributed by atoms with van der Waals surface area (Å²) in [6, 6.07) is 0. The molecule has 1 aliphatic heterocycles. The summed E-state index contributed by atoms with van der Waals surface area (Å²) in [7, 11) is -17.1. The summed E-state index contributed by atoms with van der Waals surface area (Å²) in [5, 5.41) is 21.1. The highest BCUT2D eigenvalue weighted by Gasteiger charge is 2.50. The van der Waals surface area contributed by atoms with E-state index < -0.39 is 65.4 Å². The van der Waals surface area contributed by atoms with E-state index in [9.17, 15) is 43.3 Å². The summed E-state index contributed by atoms with van der Waals surface area (Å²) in [5.74, 6) is 0. The molecule has 7 atom stereocenters. The first kappa shape index (κ1) is 28.7. The van der Waals surface area contributed by atoms with Crippen LogP contribution >= 0.6 is 23.5 Å². The molecule has 0 amide bonds. The van der Waals surface area contributed by atoms with Crippen LogP contribution in [0, 0.1) is 0 Å². The highest BCUT2D eigenvalue weighted by atomic mass is 31.3. The number of nitrogens with one attached hydrogen (secondary N) is 2. The molecule has 2 aromatic heterocycles. The molecule has 0 aliphatic carbocycles. The van der Waals surface area contributed by atoms with Crippen molar-refractivity contribution in [3.05, 3.63) is 39.3 Å². The van der Waals surface area contributed by atoms with Gasteiger partial charge in [0.15, 0.2) is 11.7 Å². The fourth-order valence-electron chi connectivity index (χ4n) is 3.35. The number of allylic oxidation sites excluding steroid dienone is 1. The second-order valence-corrected chi connectivity index (χ2v) is 11.6. The lowest BCUT2D eigenvalue weighted by molar-refractivity contribution is -0.0797. The molecular formula is C14H21N4O15P3. The smallest absolute Gasteiger partial charge is 0.387 e. The third kappa shape index (κ3) is 6.73. The zero-order valence-corrected chi connectivity index (χ0v) is 20.6. The van der Waals surface area contributed by atoms with Crippen LogP contribution in [0.25, 0.3) is 11.2 Å². The highest BCUT2D eigenvalue weighted by molar-refractivity contribution is 7.66. The molecule has 202 valence electrons. The van der Waals surface area contributed by atoms with Gasteiger partial charge in [-0.3, -0.25) is 23.9 Å². The summed E-state index contributed by atoms with van der Waals surface area (Å²) in [4.78, 5) is 68.1. The Morgan fingerprint density at radius 3 is 2.39 bits per heavy atom. The van der Waals surface area contributed by atoms with Gasteiger partial charge in [0.05, 0.1) is 6.33 Å². The van der Waals surface area contributed by atoms with Gasteiger partial charge in [-0.05, 0) is 13.3 Å². The van der Waals surface area contributed by atoms with E-state index in [0.717, 1.165) is 10.9 Å². The fraction of sp³-hybridized carbons (Fsp3) is 0.500. The first-order valence-electron chi connectivity index (χ1n) is 9.67. The Morgan fingerprint density at radius 1 is 1.11 bits per heavy atom. The Hall–Kier alpha value is -1.82. The van der Waals surface area contributed by atoms with Gasteiger partial charge in [-0.2, -0.15) is 8.62 Å². The number of hydrogen-bond donors (Lipinski definition) is 8. The van der Waals surface area contributed by atoms with Crippen molar-refractivity contribution < 1.29 is 61.4 Å². The lowest BCUT2D eigenvalue weighted by atomic mass is 10.0. The maximum absolute atomic E-state index is 12.3. The number of fused-ring (bicyclic) bond motifs is 1. The molecule has 2 aromatic rings. The Labute approximate surface area is 199 Å². The summed E-state index contributed by atoms with van der Waals surface area (Å²) in [6.07, 6.45) is -4.86. The van der Waals surface area contributed by atoms with Gasteiger partial charge in [0.1, 0.15) is 30.1 Å². The van der Waals surface area contributed by atoms with Crippen LogP contribution in [0.1, 0.15) is 19.6 Å². The Bertz CT molecular complexity index is 1390. The van der Waals surface area contributed by atoms with Crippen LogP contribution in [0.2, 0.25) is 0 Å². The zero-order valence-electron chi connectivity index (χ0n) is 17.9. The van der Waals surface area contributed by atoms with E-state index in [1.165, 1.54) is 12.2 Å². The fourth-order valence-corrected chi connectivity index (χ4v) is 6.55. The van der Waals surface area contributed by atoms with Crippen molar-refractivity contribution in [3.8, 4) is 0 Å². The van der Waals surface area contributed by atoms with E-state index in [1.54, 1.807) is 6.92 Å². The minimum absolute atomic E-state index is 0.182. The van der Waals surface area contributed by atoms with Crippen LogP contribution in [0.4, 0.5) is 0 Å². The maximum atomic E-state index is 12.3. The molecule has 8 N–H and O–H groups in total. The van der Waals surface area contributed by atoms with Crippen LogP contribution in [-0.2, 0) is 31.6 Å². The van der Waals surface area contributed by atoms with Crippen LogP contribution in [0.5, 0.6) is 0 Å². The summed E-state index contributed by atoms with van der Waals surface area (Å²) < 4.78 is 53.5. The van der Waals surface area contributed by atoms with Gasteiger partial charge in [0.25, 0.3) is 5.56 Å². The van der Waals surface area contributed by atoms with Gasteiger partial charge in [-0.15, -0.1) is 0 Å². The number of aromatic nitrogens is 4. The summed E-state index contributed by atoms with van der Waals surface area (Å²) >= 11 is 0. The van der Waals surface area contributed by atoms with Crippen LogP contribution in [0.15, 0.2) is 28.1 Å². The zero-order chi connectivity index (χ0) is 27.1. The van der Waals surface area contributed by atoms with Gasteiger partial charge in [0.2, 0.25) is 0 Å². The molecule has 1 fully saturated rings. The molecule has 22 heteroatoms. The highest BCUT2D eigenvalue weighted by Crippen LogP contribution is 2.66. The van der Waals surface area contributed by atoms with Crippen LogP contribution in [-0.4, -0.2) is 73.7 Å². The third-order valence-electron chi connectivity index (χ3n) is 4.67. The van der Waals surface area contributed by atoms with Gasteiger partial charge in [-0.1, -0.05) is 12.2 Å². The van der Waals surface area contributed by atoms with E-state index in [1.807, 2.05) is 4.98 Å². The average molecular weight is 578 g/mol. The molecule has 0 aromatic carbocycles. The number of ether oxygens (including phenoxy) is 1. The molecule has 36 heavy (non-hydrogen) atoms. The third-order valence-corrected chi connectivity index (χ3v) is 8.54. The normalized spacial score (nSPS) is 27.3. The number of aromatic amines is 2. The average Bonchev–Trinajstić information content (AvgIpc) is 3.24. The van der Waals surface area contributed by atoms with E-state index in [2.05, 4.69) is 18.6 Å². The predicted molar refractivity (Wildman–Crippen MR) is 115 cm³/mol. The Morgan fingerprint density at radius 2 is 1.78 bits per heavy atom. The minimum atomic E-state index is -5.82. The Kier molecular flexibility index (Phi) is 8.39. The monoisotopic (exact) mass is 578 g/mol. The van der Waals surface area contributed by atoms with Crippen LogP contribution in [0.3, 0.4) is 0 Å². The molecule has 0 bridgehead atoms. The number of phosphoric ester groups is 1. The van der Waals surface area contributed by atoms with E-state index in [0.29, 0.717) is 0 Å². The molecule has 0 saturated carbocycles. The number of aliphatic hydroxyl groups excluding tert-OH is 2. The first-order valence-corrected chi connectivity index (χ1v) is 14.2. The number of imidazole rings is 1. The van der Waals surface area contributed by atoms with E-state index in [4.69, 9.17) is 19.0 Å². The molecule has 3 heterocycles. The van der Waals surface area contributed by atoms with Crippen molar-refractivity contribution in [1.29, 1.82) is 0 Å². The predicted octanol–water partition coefficient (Wildman–Crippen LogP) is -1.29. The van der Waals surface area contributed by atoms with Gasteiger partial charge in [-0.25, -0.2) is 23.5 Å². The number of phosphoric acid groups is 3. The largest absolute Gasteiger partial charge is 0.490 e. The summed E-state index contributed by atoms with van der Waals surface area (Å²) in [5.41, 5.74) is -2.17. The summed E-state index contributed by atoms with van der Waals surface area (Å²) in [6.45, 7) is 1.55. The molecule has 1 saturated heterocycles. The Balaban J connectivity index is 1.89. The van der Waals surface area contributed by atoms with Crippen molar-refractivity contribution in [2.45, 2.75) is 44.0 Å². The maximum Gasteiger partial charge on any atom is 0.490 e. The molecule has 19 nitrogen and oxygen atoms in total. The second-order valence-electron chi connectivity index (χ2n) is 7.27. The number of nitrogens with zero attached hydrogens (tertiary/aromatic N) is 2. The molecule has 3 rings (SSSR count). The molecule has 3 unspecified atom stereocenters. The van der Waals surface area contributed by atoms with Crippen molar-refractivity contribution in [1.82, 2.24) is 19.5 Å². The van der Waals surface area contributed by atoms with Crippen LogP contribution < -0.4 is 11.2 Å². The van der Waals surface area contributed by atoms with Gasteiger partial charge in [0, 0.05) is 0 Å². The quantitative estimate of drug-likeness (QED) is 0.120. The number of H-pyrrole nitrogens is 2. The lowest BCUT2D eigenvalue weighted by Gasteiger charge is -2.26. The standard InChI is InChI=1S/C14H21N4O15P3/c1-2-3-4-6(31-35(26,27)33-36(28,29)32-34(23,24)25)10-8(19)9(20)13(30-10)18-5-15-7-11(18)16-14(22)17-12(7)21/h2-3,5-6,8-10,13,19-20H,4H2,1H3,(H,26,27)(H,28,29)(H2,23,24,25)(H2,16,17,21,22)/t6?,8-,9+,10+,13+/m0/s1. The van der Waals surface area contributed by atoms with Crippen molar-refractivity contribution in [3.63, 3.8) is 0 Å². The van der Waals surface area contributed by atoms with Crippen molar-refractivity contribution >= 4 is 34.6 Å². The topological polar surface area (TPSA) is 293 Å². The van der Waals surface area contributed by atoms with Gasteiger partial charge < -0.3 is 34.5 Å². The number of hydrogen-bond acceptors (Lipinski definition) is 12. The molecular weight excluding hydrogens is 557 g/mol. The SMILES string of the molecule is CC=CCC(OP(=O)(O)OP(=O)(O)OP(=O)(O)O)[C@H]1O[C@@H](n2cnc3c(=O)[nH]c(=O)[nH]c32)[C@H](O)[C@@H]1O. The number of rotatable bonds is 10. The van der Waals surface area contributed by atoms with Gasteiger partial charge >= 0.3 is 29.2 Å². The molecule has 0 radical (unpaired) electrons. The first-order chi connectivity index (χ1) is 16.5. The van der Waals surface area contributed by atoms with Crippen molar-refractivity contribution in [2.24, 2.45) is 0 Å². The van der Waals surface area contributed by atoms with Crippen molar-refractivity contribution in [2.75, 3.05) is 0 Å². The number of aliphatic hydroxyl groups is 2. The molecule has 1 aliphatic rings. The second kappa shape index (κ2) is 10.5. The molecule has 0 spiro atoms. The van der Waals surface area contributed by atoms with E-state index in [-0.39, 0.29) is 17.6 Å². The minimum Gasteiger partial charge on any atom is -0.387 e. The van der Waals surface area contributed by atoms with E-state index >= 15 is 0 Å².